The van der Waals surface area contributed by atoms with Crippen molar-refractivity contribution < 1.29 is 9.59 Å². The summed E-state index contributed by atoms with van der Waals surface area (Å²) in [6, 6.07) is 0. The van der Waals surface area contributed by atoms with E-state index in [0.717, 1.165) is 6.08 Å². The molecule has 0 atom stereocenters. The van der Waals surface area contributed by atoms with Gasteiger partial charge >= 0.3 is 0 Å². The molecule has 0 aliphatic heterocycles. The molecule has 0 heterocycles. The molecule has 0 radical (unpaired) electrons. The maximum atomic E-state index is 10.9. The maximum Gasteiger partial charge on any atom is 0.246 e. The van der Waals surface area contributed by atoms with Crippen LogP contribution in [0.25, 0.3) is 0 Å². The number of amides is 2. The number of carbonyl (C=O) groups is 2. The molecule has 0 rings (SSSR count). The first-order valence-electron chi connectivity index (χ1n) is 4.50. The van der Waals surface area contributed by atoms with Crippen molar-refractivity contribution in [3.63, 3.8) is 0 Å². The number of nitrogens with two attached hydrogens (primary N) is 1. The van der Waals surface area contributed by atoms with Gasteiger partial charge in [-0.05, 0) is 33.8 Å². The van der Waals surface area contributed by atoms with E-state index in [4.69, 9.17) is 0 Å². The van der Waals surface area contributed by atoms with Gasteiger partial charge in [0.2, 0.25) is 11.8 Å². The van der Waals surface area contributed by atoms with Crippen molar-refractivity contribution in [2.45, 2.75) is 33.2 Å². The molecule has 0 spiro atoms. The predicted molar refractivity (Wildman–Crippen MR) is 62.1 cm³/mol. The molecule has 3 N–H and O–H groups in total. The first kappa shape index (κ1) is 15.9. The van der Waals surface area contributed by atoms with E-state index in [0.29, 0.717) is 5.57 Å². The minimum absolute atomic E-state index is 0.0764. The van der Waals surface area contributed by atoms with Gasteiger partial charge in [-0.1, -0.05) is 13.2 Å². The maximum absolute atomic E-state index is 10.9. The molecule has 0 unspecified atom stereocenters. The smallest absolute Gasteiger partial charge is 0.246 e. The lowest BCUT2D eigenvalue weighted by atomic mass is 10.1. The molecule has 0 saturated heterocycles. The van der Waals surface area contributed by atoms with E-state index in [2.05, 4.69) is 24.2 Å². The standard InChI is InChI=1S/C8H15NO.C3H5NO/c1-6(2)7(10)9-8(3,4)5;1-2-3(4)5/h1H2,2-5H3,(H,9,10);2H,1H2,(H2,4,5). The van der Waals surface area contributed by atoms with Crippen molar-refractivity contribution in [1.82, 2.24) is 5.32 Å². The Morgan fingerprint density at radius 1 is 1.33 bits per heavy atom. The van der Waals surface area contributed by atoms with E-state index in [9.17, 15) is 9.59 Å². The van der Waals surface area contributed by atoms with E-state index in [1.807, 2.05) is 20.8 Å². The number of primary amides is 1. The van der Waals surface area contributed by atoms with Gasteiger partial charge in [-0.2, -0.15) is 0 Å². The molecule has 2 amide bonds. The third-order valence-electron chi connectivity index (χ3n) is 1.08. The normalized spacial score (nSPS) is 9.33. The minimum Gasteiger partial charge on any atom is -0.366 e. The van der Waals surface area contributed by atoms with Crippen LogP contribution in [0.2, 0.25) is 0 Å². The summed E-state index contributed by atoms with van der Waals surface area (Å²) in [6.07, 6.45) is 1.06. The number of hydrogen-bond acceptors (Lipinski definition) is 2. The van der Waals surface area contributed by atoms with Crippen LogP contribution in [0.1, 0.15) is 27.7 Å². The van der Waals surface area contributed by atoms with Gasteiger partial charge in [0.1, 0.15) is 0 Å². The number of nitrogens with one attached hydrogen (secondary N) is 1. The summed E-state index contributed by atoms with van der Waals surface area (Å²) >= 11 is 0. The van der Waals surface area contributed by atoms with Crippen molar-refractivity contribution in [3.8, 4) is 0 Å². The average Bonchev–Trinajstić information content (AvgIpc) is 2.02. The Bertz CT molecular complexity index is 262. The lowest BCUT2D eigenvalue weighted by molar-refractivity contribution is -0.118. The van der Waals surface area contributed by atoms with Gasteiger partial charge in [-0.15, -0.1) is 0 Å². The first-order valence-corrected chi connectivity index (χ1v) is 4.50. The fraction of sp³-hybridized carbons (Fsp3) is 0.455. The minimum atomic E-state index is -0.481. The van der Waals surface area contributed by atoms with E-state index >= 15 is 0 Å². The zero-order chi connectivity index (χ0) is 12.6. The second kappa shape index (κ2) is 6.81. The third-order valence-corrected chi connectivity index (χ3v) is 1.08. The highest BCUT2D eigenvalue weighted by Crippen LogP contribution is 2.00. The van der Waals surface area contributed by atoms with E-state index < -0.39 is 5.91 Å². The highest BCUT2D eigenvalue weighted by molar-refractivity contribution is 5.92. The summed E-state index contributed by atoms with van der Waals surface area (Å²) < 4.78 is 0. The summed E-state index contributed by atoms with van der Waals surface area (Å²) in [4.78, 5) is 20.4. The van der Waals surface area contributed by atoms with Crippen LogP contribution in [0, 0.1) is 0 Å². The Morgan fingerprint density at radius 2 is 1.67 bits per heavy atom. The average molecular weight is 212 g/mol. The van der Waals surface area contributed by atoms with Crippen LogP contribution in [0.4, 0.5) is 0 Å². The van der Waals surface area contributed by atoms with Crippen LogP contribution in [0.3, 0.4) is 0 Å². The Balaban J connectivity index is 0. The molecule has 0 bridgehead atoms. The van der Waals surface area contributed by atoms with Crippen molar-refractivity contribution in [2.24, 2.45) is 5.73 Å². The van der Waals surface area contributed by atoms with Gasteiger partial charge in [-0.3, -0.25) is 9.59 Å². The topological polar surface area (TPSA) is 72.2 Å². The van der Waals surface area contributed by atoms with Gasteiger partial charge < -0.3 is 11.1 Å². The monoisotopic (exact) mass is 212 g/mol. The van der Waals surface area contributed by atoms with Gasteiger partial charge in [0.25, 0.3) is 0 Å². The molecule has 4 nitrogen and oxygen atoms in total. The number of rotatable bonds is 2. The summed E-state index contributed by atoms with van der Waals surface area (Å²) in [6.45, 7) is 14.1. The zero-order valence-electron chi connectivity index (χ0n) is 9.89. The molecule has 15 heavy (non-hydrogen) atoms. The molecular weight excluding hydrogens is 192 g/mol. The van der Waals surface area contributed by atoms with Gasteiger partial charge in [0.15, 0.2) is 0 Å². The molecule has 0 aliphatic carbocycles. The summed E-state index contributed by atoms with van der Waals surface area (Å²) in [7, 11) is 0. The highest BCUT2D eigenvalue weighted by Gasteiger charge is 2.12. The lowest BCUT2D eigenvalue weighted by Gasteiger charge is -2.20. The molecule has 0 aromatic rings. The van der Waals surface area contributed by atoms with Crippen LogP contribution in [0.5, 0.6) is 0 Å². The van der Waals surface area contributed by atoms with E-state index in [1.54, 1.807) is 6.92 Å². The van der Waals surface area contributed by atoms with Gasteiger partial charge in [0, 0.05) is 11.1 Å². The fourth-order valence-electron chi connectivity index (χ4n) is 0.447. The Kier molecular flexibility index (Phi) is 7.21. The molecule has 86 valence electrons. The quantitative estimate of drug-likeness (QED) is 0.674. The van der Waals surface area contributed by atoms with E-state index in [1.165, 1.54) is 0 Å². The number of carbonyl (C=O) groups excluding carboxylic acids is 2. The summed E-state index contributed by atoms with van der Waals surface area (Å²) in [5.74, 6) is -0.558. The lowest BCUT2D eigenvalue weighted by Crippen LogP contribution is -2.40. The zero-order valence-corrected chi connectivity index (χ0v) is 9.89. The van der Waals surface area contributed by atoms with Gasteiger partial charge in [0.05, 0.1) is 0 Å². The third kappa shape index (κ3) is 15.2. The fourth-order valence-corrected chi connectivity index (χ4v) is 0.447. The van der Waals surface area contributed by atoms with Gasteiger partial charge in [-0.25, -0.2) is 0 Å². The Morgan fingerprint density at radius 3 is 1.73 bits per heavy atom. The summed E-state index contributed by atoms with van der Waals surface area (Å²) in [5.41, 5.74) is 4.93. The van der Waals surface area contributed by atoms with Crippen LogP contribution in [-0.4, -0.2) is 17.4 Å². The molecule has 0 fully saturated rings. The largest absolute Gasteiger partial charge is 0.366 e. The van der Waals surface area contributed by atoms with Crippen molar-refractivity contribution in [1.29, 1.82) is 0 Å². The van der Waals surface area contributed by atoms with E-state index in [-0.39, 0.29) is 11.4 Å². The molecule has 0 saturated carbocycles. The highest BCUT2D eigenvalue weighted by atomic mass is 16.2. The van der Waals surface area contributed by atoms with Crippen molar-refractivity contribution >= 4 is 11.8 Å². The Hall–Kier alpha value is -1.58. The Labute approximate surface area is 91.2 Å². The van der Waals surface area contributed by atoms with Crippen molar-refractivity contribution in [2.75, 3.05) is 0 Å². The molecule has 0 aromatic heterocycles. The van der Waals surface area contributed by atoms with Crippen LogP contribution in [-0.2, 0) is 9.59 Å². The SMILES string of the molecule is C=C(C)C(=O)NC(C)(C)C.C=CC(N)=O. The predicted octanol–water partition coefficient (Wildman–Crippen LogP) is 1.13. The van der Waals surface area contributed by atoms with Crippen molar-refractivity contribution in [3.05, 3.63) is 24.8 Å². The molecule has 4 heteroatoms. The molecular formula is C11H20N2O2. The second-order valence-electron chi connectivity index (χ2n) is 4.09. The first-order chi connectivity index (χ1) is 6.60. The number of hydrogen-bond donors (Lipinski definition) is 2. The van der Waals surface area contributed by atoms with Crippen LogP contribution < -0.4 is 11.1 Å². The molecule has 0 aliphatic rings. The summed E-state index contributed by atoms with van der Waals surface area (Å²) in [5, 5.41) is 2.78. The van der Waals surface area contributed by atoms with Crippen LogP contribution >= 0.6 is 0 Å². The molecule has 0 aromatic carbocycles. The van der Waals surface area contributed by atoms with Crippen LogP contribution in [0.15, 0.2) is 24.8 Å². The second-order valence-corrected chi connectivity index (χ2v) is 4.09.